The van der Waals surface area contributed by atoms with E-state index in [1.165, 1.54) is 12.8 Å². The summed E-state index contributed by atoms with van der Waals surface area (Å²) >= 11 is 5.88. The number of halogens is 1. The molecular formula is C23H26ClN3O4. The number of rotatable bonds is 10. The van der Waals surface area contributed by atoms with Crippen molar-refractivity contribution in [3.63, 3.8) is 0 Å². The van der Waals surface area contributed by atoms with Gasteiger partial charge in [-0.05, 0) is 68.4 Å². The van der Waals surface area contributed by atoms with E-state index in [0.29, 0.717) is 47.9 Å². The Morgan fingerprint density at radius 2 is 1.81 bits per heavy atom. The predicted molar refractivity (Wildman–Crippen MR) is 118 cm³/mol. The monoisotopic (exact) mass is 443 g/mol. The van der Waals surface area contributed by atoms with E-state index >= 15 is 0 Å². The van der Waals surface area contributed by atoms with E-state index in [4.69, 9.17) is 30.3 Å². The van der Waals surface area contributed by atoms with Crippen molar-refractivity contribution in [1.29, 1.82) is 0 Å². The smallest absolute Gasteiger partial charge is 0.230 e. The van der Waals surface area contributed by atoms with Crippen LogP contribution >= 0.6 is 11.6 Å². The molecule has 31 heavy (non-hydrogen) atoms. The number of ether oxygens (including phenoxy) is 3. The van der Waals surface area contributed by atoms with Gasteiger partial charge in [-0.2, -0.15) is 4.98 Å². The average Bonchev–Trinajstić information content (AvgIpc) is 3.48. The fourth-order valence-electron chi connectivity index (χ4n) is 3.48. The van der Waals surface area contributed by atoms with Crippen LogP contribution in [0.25, 0.3) is 11.4 Å². The van der Waals surface area contributed by atoms with Crippen LogP contribution in [0, 0.1) is 0 Å². The Hall–Kier alpha value is -2.77. The van der Waals surface area contributed by atoms with Gasteiger partial charge in [-0.1, -0.05) is 16.8 Å². The maximum absolute atomic E-state index is 5.93. The second-order valence-corrected chi connectivity index (χ2v) is 7.76. The summed E-state index contributed by atoms with van der Waals surface area (Å²) in [6, 6.07) is 12.9. The van der Waals surface area contributed by atoms with Crippen LogP contribution in [0.1, 0.15) is 18.7 Å². The number of likely N-dealkylation sites (tertiary alicyclic amines) is 1. The van der Waals surface area contributed by atoms with Gasteiger partial charge in [-0.25, -0.2) is 0 Å². The highest BCUT2D eigenvalue weighted by Crippen LogP contribution is 2.31. The molecule has 2 aromatic carbocycles. The third-order valence-electron chi connectivity index (χ3n) is 5.15. The van der Waals surface area contributed by atoms with Crippen molar-refractivity contribution in [3.8, 4) is 28.6 Å². The van der Waals surface area contributed by atoms with Crippen LogP contribution in [-0.2, 0) is 6.42 Å². The molecule has 7 nitrogen and oxygen atoms in total. The molecule has 1 fully saturated rings. The van der Waals surface area contributed by atoms with E-state index in [0.717, 1.165) is 30.9 Å². The van der Waals surface area contributed by atoms with E-state index in [1.807, 2.05) is 30.3 Å². The zero-order chi connectivity index (χ0) is 21.5. The van der Waals surface area contributed by atoms with Gasteiger partial charge in [0.05, 0.1) is 20.1 Å². The molecule has 0 unspecified atom stereocenters. The molecule has 2 heterocycles. The predicted octanol–water partition coefficient (Wildman–Crippen LogP) is 4.49. The lowest BCUT2D eigenvalue weighted by molar-refractivity contribution is 0.230. The summed E-state index contributed by atoms with van der Waals surface area (Å²) in [5.41, 5.74) is 0.803. The van der Waals surface area contributed by atoms with Crippen molar-refractivity contribution >= 4 is 11.6 Å². The van der Waals surface area contributed by atoms with Crippen LogP contribution in [0.15, 0.2) is 47.0 Å². The van der Waals surface area contributed by atoms with Gasteiger partial charge in [-0.3, -0.25) is 4.90 Å². The molecule has 8 heteroatoms. The highest BCUT2D eigenvalue weighted by atomic mass is 35.5. The fourth-order valence-corrected chi connectivity index (χ4v) is 3.60. The van der Waals surface area contributed by atoms with Crippen molar-refractivity contribution < 1.29 is 18.7 Å². The molecule has 0 amide bonds. The summed E-state index contributed by atoms with van der Waals surface area (Å²) in [6.07, 6.45) is 3.06. The van der Waals surface area contributed by atoms with Gasteiger partial charge in [0, 0.05) is 17.1 Å². The average molecular weight is 444 g/mol. The molecule has 1 aliphatic heterocycles. The Balaban J connectivity index is 1.32. The van der Waals surface area contributed by atoms with Crippen molar-refractivity contribution in [1.82, 2.24) is 15.0 Å². The normalized spacial score (nSPS) is 14.0. The molecule has 0 aliphatic carbocycles. The van der Waals surface area contributed by atoms with Crippen LogP contribution in [-0.4, -0.2) is 55.0 Å². The SMILES string of the molecule is COc1cc(-c2noc(CCOc3ccc(Cl)cc3)n2)ccc1OCCN1CCCC1. The first-order chi connectivity index (χ1) is 15.2. The second kappa shape index (κ2) is 10.5. The molecule has 3 aromatic rings. The van der Waals surface area contributed by atoms with Crippen molar-refractivity contribution in [2.75, 3.05) is 40.0 Å². The lowest BCUT2D eigenvalue weighted by atomic mass is 10.2. The van der Waals surface area contributed by atoms with E-state index in [2.05, 4.69) is 15.0 Å². The summed E-state index contributed by atoms with van der Waals surface area (Å²) in [5, 5.41) is 4.75. The summed E-state index contributed by atoms with van der Waals surface area (Å²) in [6.45, 7) is 4.30. The maximum atomic E-state index is 5.93. The van der Waals surface area contributed by atoms with E-state index in [-0.39, 0.29) is 0 Å². The van der Waals surface area contributed by atoms with Crippen LogP contribution in [0.4, 0.5) is 0 Å². The van der Waals surface area contributed by atoms with Crippen molar-refractivity contribution in [3.05, 3.63) is 53.4 Å². The Morgan fingerprint density at radius 3 is 2.58 bits per heavy atom. The number of hydrogen-bond acceptors (Lipinski definition) is 7. The zero-order valence-electron chi connectivity index (χ0n) is 17.6. The minimum absolute atomic E-state index is 0.427. The van der Waals surface area contributed by atoms with E-state index < -0.39 is 0 Å². The van der Waals surface area contributed by atoms with Gasteiger partial charge in [0.15, 0.2) is 11.5 Å². The van der Waals surface area contributed by atoms with Gasteiger partial charge >= 0.3 is 0 Å². The largest absolute Gasteiger partial charge is 0.493 e. The number of aromatic nitrogens is 2. The van der Waals surface area contributed by atoms with Crippen LogP contribution in [0.3, 0.4) is 0 Å². The first-order valence-electron chi connectivity index (χ1n) is 10.5. The third kappa shape index (κ3) is 5.89. The summed E-state index contributed by atoms with van der Waals surface area (Å²) in [5.74, 6) is 3.12. The van der Waals surface area contributed by atoms with Gasteiger partial charge in [0.2, 0.25) is 11.7 Å². The number of nitrogens with zero attached hydrogens (tertiary/aromatic N) is 3. The molecule has 0 radical (unpaired) electrons. The van der Waals surface area contributed by atoms with Crippen LogP contribution in [0.2, 0.25) is 5.02 Å². The third-order valence-corrected chi connectivity index (χ3v) is 5.40. The topological polar surface area (TPSA) is 69.9 Å². The molecular weight excluding hydrogens is 418 g/mol. The molecule has 164 valence electrons. The summed E-state index contributed by atoms with van der Waals surface area (Å²) in [4.78, 5) is 6.88. The van der Waals surface area contributed by atoms with Crippen LogP contribution < -0.4 is 14.2 Å². The lowest BCUT2D eigenvalue weighted by Crippen LogP contribution is -2.25. The number of methoxy groups -OCH3 is 1. The summed E-state index contributed by atoms with van der Waals surface area (Å²) in [7, 11) is 1.63. The van der Waals surface area contributed by atoms with E-state index in [9.17, 15) is 0 Å². The highest BCUT2D eigenvalue weighted by molar-refractivity contribution is 6.30. The minimum atomic E-state index is 0.427. The van der Waals surface area contributed by atoms with Crippen molar-refractivity contribution in [2.24, 2.45) is 0 Å². The molecule has 0 atom stereocenters. The Labute approximate surface area is 186 Å². The second-order valence-electron chi connectivity index (χ2n) is 7.33. The highest BCUT2D eigenvalue weighted by Gasteiger charge is 2.14. The maximum Gasteiger partial charge on any atom is 0.230 e. The molecule has 1 aliphatic rings. The Kier molecular flexibility index (Phi) is 7.27. The Bertz CT molecular complexity index is 971. The van der Waals surface area contributed by atoms with Crippen molar-refractivity contribution in [2.45, 2.75) is 19.3 Å². The number of benzene rings is 2. The fraction of sp³-hybridized carbons (Fsp3) is 0.391. The van der Waals surface area contributed by atoms with Gasteiger partial charge in [0.1, 0.15) is 12.4 Å². The standard InChI is InChI=1S/C23H26ClN3O4/c1-28-21-16-17(4-9-20(21)30-15-13-27-11-2-3-12-27)23-25-22(31-26-23)10-14-29-19-7-5-18(24)6-8-19/h4-9,16H,2-3,10-15H2,1H3. The molecule has 1 saturated heterocycles. The quantitative estimate of drug-likeness (QED) is 0.457. The molecule has 1 aromatic heterocycles. The number of hydrogen-bond donors (Lipinski definition) is 0. The van der Waals surface area contributed by atoms with Gasteiger partial charge < -0.3 is 18.7 Å². The molecule has 0 spiro atoms. The molecule has 4 rings (SSSR count). The minimum Gasteiger partial charge on any atom is -0.493 e. The summed E-state index contributed by atoms with van der Waals surface area (Å²) < 4.78 is 22.5. The Morgan fingerprint density at radius 1 is 1.00 bits per heavy atom. The zero-order valence-corrected chi connectivity index (χ0v) is 18.3. The first kappa shape index (κ1) is 21.5. The van der Waals surface area contributed by atoms with Gasteiger partial charge in [0.25, 0.3) is 0 Å². The van der Waals surface area contributed by atoms with Gasteiger partial charge in [-0.15, -0.1) is 0 Å². The van der Waals surface area contributed by atoms with E-state index in [1.54, 1.807) is 19.2 Å². The molecule has 0 N–H and O–H groups in total. The first-order valence-corrected chi connectivity index (χ1v) is 10.8. The van der Waals surface area contributed by atoms with Crippen LogP contribution in [0.5, 0.6) is 17.2 Å². The molecule has 0 saturated carbocycles. The molecule has 0 bridgehead atoms. The lowest BCUT2D eigenvalue weighted by Gasteiger charge is -2.16.